The molecule has 0 fully saturated rings. The third-order valence-electron chi connectivity index (χ3n) is 1.42. The number of hydrogen-bond acceptors (Lipinski definition) is 2. The molecule has 0 N–H and O–H groups in total. The van der Waals surface area contributed by atoms with Gasteiger partial charge in [-0.05, 0) is 34.7 Å². The van der Waals surface area contributed by atoms with Crippen molar-refractivity contribution in [1.29, 1.82) is 0 Å². The molecule has 0 spiro atoms. The predicted octanol–water partition coefficient (Wildman–Crippen LogP) is 2.03. The van der Waals surface area contributed by atoms with Crippen LogP contribution in [-0.2, 0) is 0 Å². The van der Waals surface area contributed by atoms with Gasteiger partial charge in [-0.25, -0.2) is 9.97 Å². The highest BCUT2D eigenvalue weighted by atomic mass is 127. The highest BCUT2D eigenvalue weighted by Crippen LogP contribution is 2.15. The number of benzene rings is 1. The average molecular weight is 255 g/mol. The summed E-state index contributed by atoms with van der Waals surface area (Å²) in [5.74, 6) is 0. The predicted molar refractivity (Wildman–Crippen MR) is 51.1 cm³/mol. The van der Waals surface area contributed by atoms with Gasteiger partial charge in [0.25, 0.3) is 0 Å². The molecule has 2 aromatic rings. The second-order valence-electron chi connectivity index (χ2n) is 2.12. The number of nitrogens with zero attached hydrogens (tertiary/aromatic N) is 2. The van der Waals surface area contributed by atoms with E-state index in [0.717, 1.165) is 14.5 Å². The van der Waals surface area contributed by atoms with Crippen LogP contribution in [0.5, 0.6) is 0 Å². The van der Waals surface area contributed by atoms with Crippen LogP contribution in [0, 0.1) is 9.77 Å². The smallest absolute Gasteiger partial charge is 0.116 e. The summed E-state index contributed by atoms with van der Waals surface area (Å²) in [4.78, 5) is 7.93. The molecule has 0 aliphatic rings. The number of hydrogen-bond donors (Lipinski definition) is 0. The van der Waals surface area contributed by atoms with E-state index < -0.39 is 0 Å². The summed E-state index contributed by atoms with van der Waals surface area (Å²) in [6, 6.07) is 5.95. The molecule has 1 aromatic carbocycles. The molecule has 0 saturated heterocycles. The molecule has 11 heavy (non-hydrogen) atoms. The standard InChI is InChI=1S/C8H4IN2/c9-7-2-1-3-8-6(7)4-10-5-11-8/h1-3,5H. The van der Waals surface area contributed by atoms with E-state index in [1.165, 1.54) is 6.33 Å². The molecule has 53 valence electrons. The van der Waals surface area contributed by atoms with Crippen molar-refractivity contribution in [3.8, 4) is 0 Å². The van der Waals surface area contributed by atoms with E-state index in [9.17, 15) is 0 Å². The molecule has 3 heteroatoms. The Kier molecular flexibility index (Phi) is 1.73. The minimum absolute atomic E-state index is 0.951. The van der Waals surface area contributed by atoms with Gasteiger partial charge in [0.2, 0.25) is 0 Å². The number of fused-ring (bicyclic) bond motifs is 1. The highest BCUT2D eigenvalue weighted by Gasteiger charge is 1.96. The van der Waals surface area contributed by atoms with E-state index >= 15 is 0 Å². The molecule has 1 radical (unpaired) electrons. The normalized spacial score (nSPS) is 10.3. The lowest BCUT2D eigenvalue weighted by Gasteiger charge is -1.95. The molecule has 2 rings (SSSR count). The zero-order valence-electron chi connectivity index (χ0n) is 5.58. The lowest BCUT2D eigenvalue weighted by molar-refractivity contribution is 1.21. The summed E-state index contributed by atoms with van der Waals surface area (Å²) in [5, 5.41) is 0.996. The maximum atomic E-state index is 4.09. The fourth-order valence-corrected chi connectivity index (χ4v) is 1.52. The first-order chi connectivity index (χ1) is 5.38. The van der Waals surface area contributed by atoms with Crippen LogP contribution in [0.25, 0.3) is 10.9 Å². The Bertz CT molecular complexity index is 381. The first kappa shape index (κ1) is 6.97. The fraction of sp³-hybridized carbons (Fsp3) is 0. The number of rotatable bonds is 0. The average Bonchev–Trinajstić information content (AvgIpc) is 2.06. The van der Waals surface area contributed by atoms with E-state index in [-0.39, 0.29) is 0 Å². The van der Waals surface area contributed by atoms with E-state index in [1.807, 2.05) is 18.2 Å². The zero-order chi connectivity index (χ0) is 7.68. The van der Waals surface area contributed by atoms with Gasteiger partial charge in [-0.15, -0.1) is 0 Å². The van der Waals surface area contributed by atoms with Gasteiger partial charge in [0.15, 0.2) is 0 Å². The van der Waals surface area contributed by atoms with Crippen molar-refractivity contribution in [2.75, 3.05) is 0 Å². The minimum Gasteiger partial charge on any atom is -0.236 e. The van der Waals surface area contributed by atoms with Crippen LogP contribution in [0.4, 0.5) is 0 Å². The lowest BCUT2D eigenvalue weighted by atomic mass is 10.2. The molecule has 0 aliphatic heterocycles. The van der Waals surface area contributed by atoms with Crippen LogP contribution in [-0.4, -0.2) is 9.97 Å². The van der Waals surface area contributed by atoms with Crippen molar-refractivity contribution in [3.63, 3.8) is 0 Å². The summed E-state index contributed by atoms with van der Waals surface area (Å²) in [5.41, 5.74) is 0.951. The maximum Gasteiger partial charge on any atom is 0.116 e. The van der Waals surface area contributed by atoms with Gasteiger partial charge in [-0.2, -0.15) is 0 Å². The van der Waals surface area contributed by atoms with Gasteiger partial charge in [0, 0.05) is 8.96 Å². The molecule has 0 atom stereocenters. The van der Waals surface area contributed by atoms with Crippen LogP contribution in [0.15, 0.2) is 24.5 Å². The van der Waals surface area contributed by atoms with Crippen LogP contribution in [0.2, 0.25) is 0 Å². The Morgan fingerprint density at radius 3 is 3.09 bits per heavy atom. The lowest BCUT2D eigenvalue weighted by Crippen LogP contribution is -1.82. The van der Waals surface area contributed by atoms with E-state index in [1.54, 1.807) is 0 Å². The van der Waals surface area contributed by atoms with Gasteiger partial charge in [-0.3, -0.25) is 0 Å². The Morgan fingerprint density at radius 2 is 2.27 bits per heavy atom. The third kappa shape index (κ3) is 1.20. The summed E-state index contributed by atoms with van der Waals surface area (Å²) >= 11 is 2.25. The van der Waals surface area contributed by atoms with Crippen LogP contribution >= 0.6 is 22.6 Å². The Hall–Kier alpha value is -0.710. The molecular weight excluding hydrogens is 251 g/mol. The van der Waals surface area contributed by atoms with Gasteiger partial charge in [-0.1, -0.05) is 6.07 Å². The Balaban J connectivity index is 2.91. The second kappa shape index (κ2) is 2.73. The first-order valence-corrected chi connectivity index (χ1v) is 4.23. The molecule has 0 aliphatic carbocycles. The quantitative estimate of drug-likeness (QED) is 0.673. The molecule has 2 nitrogen and oxygen atoms in total. The number of halogens is 1. The second-order valence-corrected chi connectivity index (χ2v) is 3.28. The largest absolute Gasteiger partial charge is 0.236 e. The van der Waals surface area contributed by atoms with Crippen molar-refractivity contribution >= 4 is 33.5 Å². The zero-order valence-corrected chi connectivity index (χ0v) is 7.74. The van der Waals surface area contributed by atoms with Crippen LogP contribution in [0.3, 0.4) is 0 Å². The van der Waals surface area contributed by atoms with E-state index in [2.05, 4.69) is 38.8 Å². The highest BCUT2D eigenvalue weighted by molar-refractivity contribution is 14.1. The molecule has 0 saturated carbocycles. The first-order valence-electron chi connectivity index (χ1n) is 3.15. The van der Waals surface area contributed by atoms with Crippen LogP contribution < -0.4 is 0 Å². The SMILES string of the molecule is Ic1cccc2ncn[c]c12. The van der Waals surface area contributed by atoms with Gasteiger partial charge < -0.3 is 0 Å². The summed E-state index contributed by atoms with van der Waals surface area (Å²) in [7, 11) is 0. The molecule has 0 unspecified atom stereocenters. The summed E-state index contributed by atoms with van der Waals surface area (Å²) in [6.45, 7) is 0. The Labute approximate surface area is 77.8 Å². The third-order valence-corrected chi connectivity index (χ3v) is 2.32. The van der Waals surface area contributed by atoms with Crippen molar-refractivity contribution in [2.45, 2.75) is 0 Å². The van der Waals surface area contributed by atoms with Gasteiger partial charge in [0.05, 0.1) is 5.52 Å². The molecule has 0 bridgehead atoms. The topological polar surface area (TPSA) is 25.8 Å². The molecule has 1 heterocycles. The molecule has 1 aromatic heterocycles. The van der Waals surface area contributed by atoms with E-state index in [0.29, 0.717) is 0 Å². The maximum absolute atomic E-state index is 4.09. The summed E-state index contributed by atoms with van der Waals surface area (Å²) < 4.78 is 1.14. The minimum atomic E-state index is 0.951. The van der Waals surface area contributed by atoms with E-state index in [4.69, 9.17) is 0 Å². The Morgan fingerprint density at radius 1 is 1.36 bits per heavy atom. The fourth-order valence-electron chi connectivity index (χ4n) is 0.916. The number of aromatic nitrogens is 2. The molecule has 0 amide bonds. The van der Waals surface area contributed by atoms with Crippen molar-refractivity contribution in [3.05, 3.63) is 34.3 Å². The van der Waals surface area contributed by atoms with Crippen LogP contribution in [0.1, 0.15) is 0 Å². The van der Waals surface area contributed by atoms with Crippen molar-refractivity contribution in [1.82, 2.24) is 9.97 Å². The molecular formula is C8H4IN2. The van der Waals surface area contributed by atoms with Gasteiger partial charge >= 0.3 is 0 Å². The van der Waals surface area contributed by atoms with Crippen molar-refractivity contribution in [2.24, 2.45) is 0 Å². The van der Waals surface area contributed by atoms with Crippen molar-refractivity contribution < 1.29 is 0 Å². The van der Waals surface area contributed by atoms with Gasteiger partial charge in [0.1, 0.15) is 12.5 Å². The summed E-state index contributed by atoms with van der Waals surface area (Å²) in [6.07, 6.45) is 4.41. The monoisotopic (exact) mass is 255 g/mol.